The maximum absolute atomic E-state index is 13.0. The number of halogens is 1. The molecule has 1 aromatic rings. The van der Waals surface area contributed by atoms with Crippen molar-refractivity contribution in [2.45, 2.75) is 36.7 Å². The number of nitrogens with zero attached hydrogens (tertiary/aromatic N) is 1. The molecule has 1 aromatic carbocycles. The van der Waals surface area contributed by atoms with E-state index in [9.17, 15) is 12.8 Å². The van der Waals surface area contributed by atoms with E-state index < -0.39 is 15.8 Å². The highest BCUT2D eigenvalue weighted by atomic mass is 32.2. The smallest absolute Gasteiger partial charge is 0.243 e. The Morgan fingerprint density at radius 2 is 2.00 bits per heavy atom. The molecule has 7 heteroatoms. The summed E-state index contributed by atoms with van der Waals surface area (Å²) >= 11 is 0. The first-order valence-corrected chi connectivity index (χ1v) is 8.70. The van der Waals surface area contributed by atoms with Crippen molar-refractivity contribution in [2.75, 3.05) is 13.1 Å². The summed E-state index contributed by atoms with van der Waals surface area (Å²) in [5.74, 6) is -0.0544. The molecule has 3 atom stereocenters. The Labute approximate surface area is 124 Å². The fraction of sp³-hybridized carbons (Fsp3) is 0.571. The van der Waals surface area contributed by atoms with E-state index in [1.54, 1.807) is 4.31 Å². The van der Waals surface area contributed by atoms with Gasteiger partial charge in [0.25, 0.3) is 0 Å². The second-order valence-electron chi connectivity index (χ2n) is 5.81. The molecule has 2 heterocycles. The standard InChI is InChI=1S/C14H20FN3O2S/c1-10-9-16-17-14(10)13-3-2-8-18(13)21(19,20)12-6-4-11(15)5-7-12/h4-7,10,13-14,16-17H,2-3,8-9H2,1H3. The molecular weight excluding hydrogens is 293 g/mol. The Morgan fingerprint density at radius 3 is 2.62 bits per heavy atom. The molecule has 2 fully saturated rings. The molecule has 0 aliphatic carbocycles. The third-order valence-electron chi connectivity index (χ3n) is 4.39. The van der Waals surface area contributed by atoms with Crippen LogP contribution in [0.2, 0.25) is 0 Å². The van der Waals surface area contributed by atoms with Crippen molar-refractivity contribution < 1.29 is 12.8 Å². The number of rotatable bonds is 3. The fourth-order valence-corrected chi connectivity index (χ4v) is 4.96. The lowest BCUT2D eigenvalue weighted by Gasteiger charge is -2.30. The summed E-state index contributed by atoms with van der Waals surface area (Å²) in [6.07, 6.45) is 1.71. The van der Waals surface area contributed by atoms with Crippen LogP contribution in [-0.4, -0.2) is 37.9 Å². The number of hydrogen-bond donors (Lipinski definition) is 2. The van der Waals surface area contributed by atoms with Crippen molar-refractivity contribution in [3.05, 3.63) is 30.1 Å². The molecule has 2 aliphatic rings. The molecule has 0 saturated carbocycles. The van der Waals surface area contributed by atoms with Gasteiger partial charge in [0, 0.05) is 25.2 Å². The van der Waals surface area contributed by atoms with Gasteiger partial charge in [0.15, 0.2) is 0 Å². The summed E-state index contributed by atoms with van der Waals surface area (Å²) in [5.41, 5.74) is 6.29. The van der Waals surface area contributed by atoms with Crippen molar-refractivity contribution in [1.29, 1.82) is 0 Å². The largest absolute Gasteiger partial charge is 0.257 e. The van der Waals surface area contributed by atoms with E-state index in [1.165, 1.54) is 24.3 Å². The first kappa shape index (κ1) is 14.9. The number of hydrogen-bond acceptors (Lipinski definition) is 4. The van der Waals surface area contributed by atoms with Gasteiger partial charge < -0.3 is 0 Å². The molecule has 0 spiro atoms. The minimum atomic E-state index is -3.57. The van der Waals surface area contributed by atoms with Crippen molar-refractivity contribution in [3.8, 4) is 0 Å². The van der Waals surface area contributed by atoms with Crippen molar-refractivity contribution in [2.24, 2.45) is 5.92 Å². The van der Waals surface area contributed by atoms with Crippen LogP contribution in [0.15, 0.2) is 29.2 Å². The molecule has 0 radical (unpaired) electrons. The molecular formula is C14H20FN3O2S. The van der Waals surface area contributed by atoms with Crippen LogP contribution in [0.5, 0.6) is 0 Å². The number of sulfonamides is 1. The molecule has 0 bridgehead atoms. The van der Waals surface area contributed by atoms with E-state index in [0.29, 0.717) is 12.5 Å². The summed E-state index contributed by atoms with van der Waals surface area (Å²) in [6.45, 7) is 3.47. The van der Waals surface area contributed by atoms with Crippen LogP contribution in [0.1, 0.15) is 19.8 Å². The number of benzene rings is 1. The Kier molecular flexibility index (Phi) is 4.00. The van der Waals surface area contributed by atoms with Crippen LogP contribution in [0, 0.1) is 11.7 Å². The summed E-state index contributed by atoms with van der Waals surface area (Å²) < 4.78 is 40.1. The van der Waals surface area contributed by atoms with E-state index in [4.69, 9.17) is 0 Å². The Balaban J connectivity index is 1.88. The first-order valence-electron chi connectivity index (χ1n) is 7.26. The van der Waals surface area contributed by atoms with E-state index in [-0.39, 0.29) is 17.0 Å². The minimum Gasteiger partial charge on any atom is -0.257 e. The minimum absolute atomic E-state index is 0.0509. The Bertz CT molecular complexity index is 605. The van der Waals surface area contributed by atoms with Gasteiger partial charge in [-0.15, -0.1) is 0 Å². The average Bonchev–Trinajstić information content (AvgIpc) is 3.07. The zero-order valence-electron chi connectivity index (χ0n) is 11.9. The molecule has 3 rings (SSSR count). The quantitative estimate of drug-likeness (QED) is 0.877. The van der Waals surface area contributed by atoms with Crippen molar-refractivity contribution >= 4 is 10.0 Å². The maximum Gasteiger partial charge on any atom is 0.243 e. The number of hydrazine groups is 1. The van der Waals surface area contributed by atoms with Crippen LogP contribution >= 0.6 is 0 Å². The van der Waals surface area contributed by atoms with Gasteiger partial charge in [-0.2, -0.15) is 4.31 Å². The second-order valence-corrected chi connectivity index (χ2v) is 7.70. The highest BCUT2D eigenvalue weighted by molar-refractivity contribution is 7.89. The summed E-state index contributed by atoms with van der Waals surface area (Å²) in [5, 5.41) is 0. The monoisotopic (exact) mass is 313 g/mol. The molecule has 3 unspecified atom stereocenters. The topological polar surface area (TPSA) is 61.4 Å². The molecule has 0 amide bonds. The maximum atomic E-state index is 13.0. The summed E-state index contributed by atoms with van der Waals surface area (Å²) in [7, 11) is -3.57. The van der Waals surface area contributed by atoms with Gasteiger partial charge in [-0.1, -0.05) is 6.92 Å². The molecule has 116 valence electrons. The van der Waals surface area contributed by atoms with Crippen molar-refractivity contribution in [1.82, 2.24) is 15.2 Å². The predicted molar refractivity (Wildman–Crippen MR) is 77.4 cm³/mol. The van der Waals surface area contributed by atoms with E-state index in [2.05, 4.69) is 17.8 Å². The highest BCUT2D eigenvalue weighted by Gasteiger charge is 2.42. The van der Waals surface area contributed by atoms with Crippen LogP contribution in [0.3, 0.4) is 0 Å². The molecule has 2 aliphatic heterocycles. The highest BCUT2D eigenvalue weighted by Crippen LogP contribution is 2.30. The van der Waals surface area contributed by atoms with Gasteiger partial charge in [0.2, 0.25) is 10.0 Å². The van der Waals surface area contributed by atoms with Crippen molar-refractivity contribution in [3.63, 3.8) is 0 Å². The fourth-order valence-electron chi connectivity index (χ4n) is 3.25. The molecule has 0 aromatic heterocycles. The van der Waals surface area contributed by atoms with Gasteiger partial charge in [-0.05, 0) is 43.0 Å². The lowest BCUT2D eigenvalue weighted by molar-refractivity contribution is 0.285. The molecule has 21 heavy (non-hydrogen) atoms. The van der Waals surface area contributed by atoms with Gasteiger partial charge in [0.05, 0.1) is 4.90 Å². The second kappa shape index (κ2) is 5.64. The third kappa shape index (κ3) is 2.70. The Morgan fingerprint density at radius 1 is 1.29 bits per heavy atom. The number of nitrogens with one attached hydrogen (secondary N) is 2. The zero-order valence-corrected chi connectivity index (χ0v) is 12.7. The third-order valence-corrected chi connectivity index (χ3v) is 6.33. The van der Waals surface area contributed by atoms with Gasteiger partial charge in [-0.25, -0.2) is 12.8 Å². The average molecular weight is 313 g/mol. The van der Waals surface area contributed by atoms with Crippen LogP contribution in [0.4, 0.5) is 4.39 Å². The van der Waals surface area contributed by atoms with Crippen LogP contribution in [0.25, 0.3) is 0 Å². The lowest BCUT2D eigenvalue weighted by atomic mass is 9.96. The zero-order chi connectivity index (χ0) is 15.0. The van der Waals surface area contributed by atoms with E-state index in [0.717, 1.165) is 19.4 Å². The van der Waals surface area contributed by atoms with Crippen LogP contribution in [-0.2, 0) is 10.0 Å². The van der Waals surface area contributed by atoms with Gasteiger partial charge in [-0.3, -0.25) is 10.9 Å². The van der Waals surface area contributed by atoms with E-state index in [1.807, 2.05) is 0 Å². The van der Waals surface area contributed by atoms with E-state index >= 15 is 0 Å². The molecule has 2 saturated heterocycles. The predicted octanol–water partition coefficient (Wildman–Crippen LogP) is 1.09. The molecule has 5 nitrogen and oxygen atoms in total. The summed E-state index contributed by atoms with van der Waals surface area (Å²) in [4.78, 5) is 0.161. The Hall–Kier alpha value is -1.02. The molecule has 2 N–H and O–H groups in total. The van der Waals surface area contributed by atoms with Gasteiger partial charge >= 0.3 is 0 Å². The first-order chi connectivity index (χ1) is 10.00. The van der Waals surface area contributed by atoms with Gasteiger partial charge in [0.1, 0.15) is 5.82 Å². The normalized spacial score (nSPS) is 30.9. The summed E-state index contributed by atoms with van der Waals surface area (Å²) in [6, 6.07) is 5.12. The van der Waals surface area contributed by atoms with Crippen LogP contribution < -0.4 is 10.9 Å². The lowest BCUT2D eigenvalue weighted by Crippen LogP contribution is -2.49. The SMILES string of the molecule is CC1CNNC1C1CCCN1S(=O)(=O)c1ccc(F)cc1.